The zero-order valence-corrected chi connectivity index (χ0v) is 16.8. The van der Waals surface area contributed by atoms with E-state index in [-0.39, 0.29) is 24.2 Å². The van der Waals surface area contributed by atoms with Crippen molar-refractivity contribution in [3.8, 4) is 6.07 Å². The van der Waals surface area contributed by atoms with Gasteiger partial charge in [-0.2, -0.15) is 5.26 Å². The molecule has 2 rings (SSSR count). The van der Waals surface area contributed by atoms with Crippen LogP contribution in [0.25, 0.3) is 0 Å². The molecule has 9 heteroatoms. The van der Waals surface area contributed by atoms with Gasteiger partial charge in [0.1, 0.15) is 0 Å². The number of nitriles is 1. The van der Waals surface area contributed by atoms with Crippen molar-refractivity contribution in [3.05, 3.63) is 63.7 Å². The predicted molar refractivity (Wildman–Crippen MR) is 107 cm³/mol. The molecular formula is C20H19N3O5S. The van der Waals surface area contributed by atoms with Gasteiger partial charge < -0.3 is 9.64 Å². The number of benzene rings is 2. The molecule has 0 saturated carbocycles. The van der Waals surface area contributed by atoms with E-state index >= 15 is 0 Å². The third-order valence-corrected chi connectivity index (χ3v) is 5.02. The molecule has 0 heterocycles. The van der Waals surface area contributed by atoms with Gasteiger partial charge in [-0.3, -0.25) is 14.9 Å². The Hall–Kier alpha value is -3.38. The van der Waals surface area contributed by atoms with E-state index in [0.717, 1.165) is 16.5 Å². The highest BCUT2D eigenvalue weighted by atomic mass is 32.2. The topological polar surface area (TPSA) is 114 Å². The number of carbonyl (C=O) groups is 2. The molecule has 2 aromatic carbocycles. The lowest BCUT2D eigenvalue weighted by molar-refractivity contribution is -0.387. The van der Waals surface area contributed by atoms with Crippen molar-refractivity contribution in [3.63, 3.8) is 0 Å². The Morgan fingerprint density at radius 3 is 2.55 bits per heavy atom. The second kappa shape index (κ2) is 10.2. The maximum absolute atomic E-state index is 12.2. The van der Waals surface area contributed by atoms with Crippen molar-refractivity contribution in [2.24, 2.45) is 0 Å². The fourth-order valence-electron chi connectivity index (χ4n) is 2.27. The first-order valence-corrected chi connectivity index (χ1v) is 9.44. The average Bonchev–Trinajstić information content (AvgIpc) is 2.71. The van der Waals surface area contributed by atoms with Gasteiger partial charge in [0.05, 0.1) is 27.9 Å². The van der Waals surface area contributed by atoms with Gasteiger partial charge >= 0.3 is 5.97 Å². The number of nitro benzene ring substituents is 1. The third-order valence-electron chi connectivity index (χ3n) is 3.95. The van der Waals surface area contributed by atoms with Crippen LogP contribution in [0, 0.1) is 28.4 Å². The van der Waals surface area contributed by atoms with Crippen LogP contribution in [-0.4, -0.2) is 41.9 Å². The standard InChI is InChI=1S/C20H19N3O5S/c1-14-4-7-16(8-5-14)29-18-9-6-15(12-17(18)23(26)27)20(25)28-13-19(24)22(2)11-3-10-21/h4-9,12H,3,11,13H2,1-2H3. The molecule has 150 valence electrons. The predicted octanol–water partition coefficient (Wildman–Crippen LogP) is 3.58. The summed E-state index contributed by atoms with van der Waals surface area (Å²) in [5.74, 6) is -1.29. The lowest BCUT2D eigenvalue weighted by atomic mass is 10.2. The summed E-state index contributed by atoms with van der Waals surface area (Å²) < 4.78 is 4.95. The molecule has 0 fully saturated rings. The van der Waals surface area contributed by atoms with Gasteiger partial charge in [-0.1, -0.05) is 29.5 Å². The highest BCUT2D eigenvalue weighted by Crippen LogP contribution is 2.35. The lowest BCUT2D eigenvalue weighted by Crippen LogP contribution is -2.31. The number of esters is 1. The first kappa shape index (κ1) is 21.9. The molecule has 0 aromatic heterocycles. The molecule has 2 aromatic rings. The molecule has 0 spiro atoms. The maximum Gasteiger partial charge on any atom is 0.338 e. The highest BCUT2D eigenvalue weighted by molar-refractivity contribution is 7.99. The van der Waals surface area contributed by atoms with Crippen molar-refractivity contribution in [2.45, 2.75) is 23.1 Å². The van der Waals surface area contributed by atoms with Crippen LogP contribution in [0.1, 0.15) is 22.3 Å². The SMILES string of the molecule is Cc1ccc(Sc2ccc(C(=O)OCC(=O)N(C)CCC#N)cc2[N+](=O)[O-])cc1. The monoisotopic (exact) mass is 413 g/mol. The Labute approximate surface area is 172 Å². The van der Waals surface area contributed by atoms with E-state index < -0.39 is 23.4 Å². The fourth-order valence-corrected chi connectivity index (χ4v) is 3.17. The Kier molecular flexibility index (Phi) is 7.74. The molecule has 8 nitrogen and oxygen atoms in total. The van der Waals surface area contributed by atoms with E-state index in [1.165, 1.54) is 35.8 Å². The van der Waals surface area contributed by atoms with Gasteiger partial charge in [0.15, 0.2) is 6.61 Å². The van der Waals surface area contributed by atoms with Gasteiger partial charge in [-0.05, 0) is 31.2 Å². The molecule has 0 unspecified atom stereocenters. The average molecular weight is 413 g/mol. The van der Waals surface area contributed by atoms with Crippen molar-refractivity contribution < 1.29 is 19.2 Å². The smallest absolute Gasteiger partial charge is 0.338 e. The van der Waals surface area contributed by atoms with Crippen molar-refractivity contribution in [1.82, 2.24) is 4.90 Å². The first-order chi connectivity index (χ1) is 13.8. The van der Waals surface area contributed by atoms with Gasteiger partial charge in [0.2, 0.25) is 0 Å². The van der Waals surface area contributed by atoms with Crippen LogP contribution >= 0.6 is 11.8 Å². The number of amides is 1. The van der Waals surface area contributed by atoms with E-state index in [4.69, 9.17) is 10.00 Å². The number of nitrogens with zero attached hydrogens (tertiary/aromatic N) is 3. The molecule has 0 atom stereocenters. The number of nitro groups is 1. The number of ether oxygens (including phenoxy) is 1. The van der Waals surface area contributed by atoms with Gasteiger partial charge in [-0.15, -0.1) is 0 Å². The quantitative estimate of drug-likeness (QED) is 0.369. The Morgan fingerprint density at radius 1 is 1.24 bits per heavy atom. The van der Waals surface area contributed by atoms with Crippen molar-refractivity contribution >= 4 is 29.3 Å². The van der Waals surface area contributed by atoms with Crippen LogP contribution in [0.15, 0.2) is 52.3 Å². The van der Waals surface area contributed by atoms with E-state index in [0.29, 0.717) is 4.90 Å². The van der Waals surface area contributed by atoms with Crippen molar-refractivity contribution in [2.75, 3.05) is 20.2 Å². The molecule has 0 aliphatic rings. The second-order valence-corrected chi connectivity index (χ2v) is 7.27. The summed E-state index contributed by atoms with van der Waals surface area (Å²) in [4.78, 5) is 37.5. The third kappa shape index (κ3) is 6.33. The largest absolute Gasteiger partial charge is 0.452 e. The molecule has 0 aliphatic carbocycles. The molecule has 0 radical (unpaired) electrons. The van der Waals surface area contributed by atoms with Gasteiger partial charge in [0.25, 0.3) is 11.6 Å². The molecule has 0 aliphatic heterocycles. The first-order valence-electron chi connectivity index (χ1n) is 8.63. The van der Waals surface area contributed by atoms with Gasteiger partial charge in [0, 0.05) is 24.6 Å². The van der Waals surface area contributed by atoms with Crippen LogP contribution in [-0.2, 0) is 9.53 Å². The molecule has 1 amide bonds. The number of carbonyl (C=O) groups excluding carboxylic acids is 2. The Balaban J connectivity index is 2.09. The lowest BCUT2D eigenvalue weighted by Gasteiger charge is -2.15. The molecule has 0 bridgehead atoms. The molecule has 0 N–H and O–H groups in total. The number of hydrogen-bond acceptors (Lipinski definition) is 7. The van der Waals surface area contributed by atoms with Crippen molar-refractivity contribution in [1.29, 1.82) is 5.26 Å². The summed E-state index contributed by atoms with van der Waals surface area (Å²) in [6.07, 6.45) is 0.169. The number of hydrogen-bond donors (Lipinski definition) is 0. The minimum Gasteiger partial charge on any atom is -0.452 e. The summed E-state index contributed by atoms with van der Waals surface area (Å²) in [5.41, 5.74) is 0.842. The van der Waals surface area contributed by atoms with Crippen LogP contribution in [0.2, 0.25) is 0 Å². The summed E-state index contributed by atoms with van der Waals surface area (Å²) >= 11 is 1.22. The zero-order chi connectivity index (χ0) is 21.4. The maximum atomic E-state index is 12.2. The summed E-state index contributed by atoms with van der Waals surface area (Å²) in [7, 11) is 1.50. The minimum atomic E-state index is -0.831. The minimum absolute atomic E-state index is 0.0163. The second-order valence-electron chi connectivity index (χ2n) is 6.15. The summed E-state index contributed by atoms with van der Waals surface area (Å²) in [6, 6.07) is 13.5. The molecule has 29 heavy (non-hydrogen) atoms. The van der Waals surface area contributed by atoms with Crippen LogP contribution in [0.5, 0.6) is 0 Å². The van der Waals surface area contributed by atoms with Crippen LogP contribution in [0.3, 0.4) is 0 Å². The highest BCUT2D eigenvalue weighted by Gasteiger charge is 2.20. The van der Waals surface area contributed by atoms with Crippen LogP contribution < -0.4 is 0 Å². The normalized spacial score (nSPS) is 10.1. The summed E-state index contributed by atoms with van der Waals surface area (Å²) in [5, 5.41) is 20.0. The van der Waals surface area contributed by atoms with E-state index in [9.17, 15) is 19.7 Å². The Morgan fingerprint density at radius 2 is 1.93 bits per heavy atom. The Bertz CT molecular complexity index is 954. The number of likely N-dealkylation sites (N-methyl/N-ethyl adjacent to an activating group) is 1. The fraction of sp³-hybridized carbons (Fsp3) is 0.250. The van der Waals surface area contributed by atoms with Crippen LogP contribution in [0.4, 0.5) is 5.69 Å². The van der Waals surface area contributed by atoms with E-state index in [1.54, 1.807) is 0 Å². The molecule has 0 saturated heterocycles. The summed E-state index contributed by atoms with van der Waals surface area (Å²) in [6.45, 7) is 1.67. The number of aryl methyl sites for hydroxylation is 1. The van der Waals surface area contributed by atoms with E-state index in [1.807, 2.05) is 37.3 Å². The van der Waals surface area contributed by atoms with E-state index in [2.05, 4.69) is 0 Å². The van der Waals surface area contributed by atoms with Gasteiger partial charge in [-0.25, -0.2) is 4.79 Å². The molecular weight excluding hydrogens is 394 g/mol. The number of rotatable bonds is 8. The zero-order valence-electron chi connectivity index (χ0n) is 16.0.